The van der Waals surface area contributed by atoms with Gasteiger partial charge in [0.05, 0.1) is 0 Å². The predicted octanol–water partition coefficient (Wildman–Crippen LogP) is 2.40. The van der Waals surface area contributed by atoms with Crippen molar-refractivity contribution in [3.8, 4) is 0 Å². The first-order valence-electron chi connectivity index (χ1n) is 35.4. The molecule has 0 amide bonds. The summed E-state index contributed by atoms with van der Waals surface area (Å²) in [6.45, 7) is 24.9. The molecule has 7 fully saturated rings. The predicted molar refractivity (Wildman–Crippen MR) is 410 cm³/mol. The highest BCUT2D eigenvalue weighted by molar-refractivity contribution is 6.30. The highest BCUT2D eigenvalue weighted by Crippen LogP contribution is 2.30. The lowest BCUT2D eigenvalue weighted by atomic mass is 10.3. The van der Waals surface area contributed by atoms with Gasteiger partial charge in [0, 0.05) is 203 Å². The Labute approximate surface area is 650 Å². The molecule has 107 heavy (non-hydrogen) atoms. The molecule has 15 heterocycles. The maximum Gasteiger partial charge on any atom is 0.231 e. The largest absolute Gasteiger partial charge is 0.352 e. The van der Waals surface area contributed by atoms with Crippen LogP contribution in [-0.4, -0.2) is 334 Å². The molecule has 8 aromatic heterocycles. The first kappa shape index (κ1) is 73.6. The normalized spacial score (nSPS) is 18.0. The van der Waals surface area contributed by atoms with Gasteiger partial charge in [0.1, 0.15) is 11.6 Å². The van der Waals surface area contributed by atoms with Crippen LogP contribution in [-0.2, 0) is 0 Å². The van der Waals surface area contributed by atoms with E-state index in [0.29, 0.717) is 278 Å². The van der Waals surface area contributed by atoms with E-state index in [1.165, 1.54) is 0 Å². The molecule has 0 spiro atoms. The molecular formula is C60H77Cl7N40. The lowest BCUT2D eigenvalue weighted by molar-refractivity contribution is 0.311. The first-order valence-corrected chi connectivity index (χ1v) is 38.1. The average Bonchev–Trinajstić information content (AvgIpc) is 0.815. The molecule has 0 bridgehead atoms. The molecule has 8 aromatic rings. The Balaban J connectivity index is 0.506. The Hall–Kier alpha value is -8.93. The number of hydrogen-bond acceptors (Lipinski definition) is 40. The quantitative estimate of drug-likeness (QED) is 0.114. The molecule has 0 saturated carbocycles. The van der Waals surface area contributed by atoms with Crippen LogP contribution in [0.1, 0.15) is 25.0 Å². The Bertz CT molecular complexity index is 4390. The van der Waals surface area contributed by atoms with Gasteiger partial charge in [-0.15, -0.1) is 0 Å². The van der Waals surface area contributed by atoms with Crippen LogP contribution in [0, 0.1) is 13.8 Å². The van der Waals surface area contributed by atoms with Crippen molar-refractivity contribution in [3.05, 3.63) is 48.6 Å². The van der Waals surface area contributed by atoms with E-state index in [-0.39, 0.29) is 37.0 Å². The molecule has 0 aromatic carbocycles. The van der Waals surface area contributed by atoms with Crippen molar-refractivity contribution >= 4 is 170 Å². The number of hydrogen-bond donors (Lipinski definition) is 1. The fourth-order valence-corrected chi connectivity index (χ4v) is 14.6. The smallest absolute Gasteiger partial charge is 0.231 e. The van der Waals surface area contributed by atoms with Crippen molar-refractivity contribution in [2.24, 2.45) is 0 Å². The number of aromatic nitrogens is 24. The molecule has 15 rings (SSSR count). The number of nitrogens with zero attached hydrogens (tertiary/aromatic N) is 39. The van der Waals surface area contributed by atoms with Crippen LogP contribution >= 0.6 is 81.2 Å². The Morgan fingerprint density at radius 2 is 0.467 bits per heavy atom. The Kier molecular flexibility index (Phi) is 22.6. The topological polar surface area (TPSA) is 370 Å². The number of aryl methyl sites for hydroxylation is 2. The van der Waals surface area contributed by atoms with Crippen LogP contribution in [0.3, 0.4) is 0 Å². The van der Waals surface area contributed by atoms with E-state index in [4.69, 9.17) is 111 Å². The minimum atomic E-state index is 0.0932. The average molecular weight is 1610 g/mol. The first-order chi connectivity index (χ1) is 51.9. The standard InChI is InChI=1S/C60H77Cl7N40/c1-5-7-94(8-6-68-46-72-39(61)73-48(86-46)95-11-9-93(4)10-12-95)49-74-40(62)75-50(87-49)98-17-19-99(20-18-98)53-78-42(64)79-54(89-53)102-25-27-103(28-26-102)57-82-44(66)83-58(91-57)106-33-35-107(36-34-106)60-85-45(67)84-59(92-60)105-31-29-104(30-32-105)56-81-43(65)80-55(90-56)101-23-21-100(22-24-101)52-77-41(63)76-51(88-52)97-15-13-96(14-16-97)47-70-37(2)69-38(3)71-47/h5-36H2,1-4H3,(H,68,72,73,86). The van der Waals surface area contributed by atoms with Crippen LogP contribution in [0.4, 0.5) is 89.2 Å². The van der Waals surface area contributed by atoms with E-state index >= 15 is 0 Å². The van der Waals surface area contributed by atoms with Gasteiger partial charge in [0.2, 0.25) is 126 Å². The molecule has 40 nitrogen and oxygen atoms in total. The lowest BCUT2D eigenvalue weighted by Crippen LogP contribution is -2.50. The van der Waals surface area contributed by atoms with Crippen LogP contribution < -0.4 is 73.9 Å². The van der Waals surface area contributed by atoms with Gasteiger partial charge in [-0.3, -0.25) is 0 Å². The fourth-order valence-electron chi connectivity index (χ4n) is 13.5. The second-order valence-electron chi connectivity index (χ2n) is 26.2. The minimum absolute atomic E-state index is 0.0932. The zero-order valence-corrected chi connectivity index (χ0v) is 64.5. The third-order valence-electron chi connectivity index (χ3n) is 19.3. The number of rotatable bonds is 20. The van der Waals surface area contributed by atoms with Gasteiger partial charge in [-0.05, 0) is 109 Å². The lowest BCUT2D eigenvalue weighted by Gasteiger charge is -2.37. The maximum atomic E-state index is 6.66. The Morgan fingerprint density at radius 3 is 0.729 bits per heavy atom. The van der Waals surface area contributed by atoms with Crippen molar-refractivity contribution < 1.29 is 0 Å². The summed E-state index contributed by atoms with van der Waals surface area (Å²) in [7, 11) is 2.10. The van der Waals surface area contributed by atoms with E-state index in [9.17, 15) is 0 Å². The van der Waals surface area contributed by atoms with E-state index in [2.05, 4.69) is 182 Å². The van der Waals surface area contributed by atoms with Crippen molar-refractivity contribution in [1.29, 1.82) is 0 Å². The summed E-state index contributed by atoms with van der Waals surface area (Å²) in [4.78, 5) is 142. The molecule has 0 atom stereocenters. The summed E-state index contributed by atoms with van der Waals surface area (Å²) >= 11 is 46.1. The van der Waals surface area contributed by atoms with E-state index in [1.807, 2.05) is 13.8 Å². The number of likely N-dealkylation sites (N-methyl/N-ethyl adjacent to an activating group) is 1. The maximum absolute atomic E-state index is 6.66. The molecule has 0 unspecified atom stereocenters. The monoisotopic (exact) mass is 1600 g/mol. The molecule has 0 aliphatic carbocycles. The second-order valence-corrected chi connectivity index (χ2v) is 28.6. The van der Waals surface area contributed by atoms with Crippen molar-refractivity contribution in [1.82, 2.24) is 125 Å². The number of anilines is 15. The number of halogens is 7. The molecule has 566 valence electrons. The molecule has 0 radical (unpaired) electrons. The summed E-state index contributed by atoms with van der Waals surface area (Å²) in [5.74, 6) is 8.82. The molecule has 47 heteroatoms. The Morgan fingerprint density at radius 1 is 0.252 bits per heavy atom. The minimum Gasteiger partial charge on any atom is -0.352 e. The van der Waals surface area contributed by atoms with Gasteiger partial charge in [-0.25, -0.2) is 4.98 Å². The SMILES string of the molecule is CCCN(CCNc1nc(Cl)nc(N2CCN(C)CC2)n1)c1nc(Cl)nc(N2CCN(c3nc(Cl)nc(N4CCN(c5nc(Cl)nc(N6CCN(c7nc(Cl)nc(N8CCN(c9nc(Cl)nc(N%10CCN(c%11nc(Cl)nc(N%12CCN(c%13nc(C)nc(C)n%13)CC%12)n%11)CC%10)n9)CC8)n7)CC6)n5)CC4)n3)CC2)n1. The molecule has 7 saturated heterocycles. The molecule has 7 aliphatic heterocycles. The molecule has 7 aliphatic rings. The van der Waals surface area contributed by atoms with Crippen LogP contribution in [0.15, 0.2) is 0 Å². The van der Waals surface area contributed by atoms with Gasteiger partial charge >= 0.3 is 0 Å². The van der Waals surface area contributed by atoms with Gasteiger partial charge in [-0.2, -0.15) is 115 Å². The zero-order chi connectivity index (χ0) is 73.8. The second kappa shape index (κ2) is 32.9. The highest BCUT2D eigenvalue weighted by Gasteiger charge is 2.33. The van der Waals surface area contributed by atoms with Crippen molar-refractivity contribution in [2.75, 3.05) is 284 Å². The van der Waals surface area contributed by atoms with Crippen molar-refractivity contribution in [3.63, 3.8) is 0 Å². The van der Waals surface area contributed by atoms with Crippen LogP contribution in [0.5, 0.6) is 0 Å². The van der Waals surface area contributed by atoms with Gasteiger partial charge in [0.15, 0.2) is 0 Å². The molecule has 1 N–H and O–H groups in total. The third kappa shape index (κ3) is 17.8. The summed E-state index contributed by atoms with van der Waals surface area (Å²) in [5.41, 5.74) is 0. The van der Waals surface area contributed by atoms with Crippen LogP contribution in [0.25, 0.3) is 0 Å². The zero-order valence-electron chi connectivity index (χ0n) is 59.2. The van der Waals surface area contributed by atoms with Gasteiger partial charge in [0.25, 0.3) is 0 Å². The molecular weight excluding hydrogens is 1530 g/mol. The van der Waals surface area contributed by atoms with E-state index in [0.717, 1.165) is 32.6 Å². The number of piperazine rings is 7. The van der Waals surface area contributed by atoms with E-state index in [1.54, 1.807) is 0 Å². The van der Waals surface area contributed by atoms with E-state index < -0.39 is 0 Å². The van der Waals surface area contributed by atoms with Crippen LogP contribution in [0.2, 0.25) is 37.0 Å². The van der Waals surface area contributed by atoms with Gasteiger partial charge < -0.3 is 78.8 Å². The summed E-state index contributed by atoms with van der Waals surface area (Å²) in [5, 5.41) is 4.08. The summed E-state index contributed by atoms with van der Waals surface area (Å²) in [6, 6.07) is 0. The van der Waals surface area contributed by atoms with Crippen molar-refractivity contribution in [2.45, 2.75) is 27.2 Å². The summed E-state index contributed by atoms with van der Waals surface area (Å²) < 4.78 is 0. The third-order valence-corrected chi connectivity index (χ3v) is 20.4. The highest BCUT2D eigenvalue weighted by atomic mass is 35.5. The van der Waals surface area contributed by atoms with Gasteiger partial charge in [-0.1, -0.05) is 6.92 Å². The fraction of sp³-hybridized carbons (Fsp3) is 0.600. The number of nitrogens with one attached hydrogen (secondary N) is 1. The summed E-state index contributed by atoms with van der Waals surface area (Å²) in [6.07, 6.45) is 0.850.